The molecule has 0 aliphatic rings. The number of rotatable bonds is 5. The highest BCUT2D eigenvalue weighted by Gasteiger charge is 2.09. The van der Waals surface area contributed by atoms with E-state index in [1.807, 2.05) is 56.3 Å². The summed E-state index contributed by atoms with van der Waals surface area (Å²) in [6.45, 7) is 4.60. The molecule has 4 nitrogen and oxygen atoms in total. The van der Waals surface area contributed by atoms with Crippen LogP contribution < -0.4 is 10.1 Å². The zero-order chi connectivity index (χ0) is 16.2. The van der Waals surface area contributed by atoms with E-state index in [0.717, 1.165) is 27.1 Å². The number of para-hydroxylation sites is 1. The molecule has 0 bridgehead atoms. The van der Waals surface area contributed by atoms with Crippen molar-refractivity contribution in [3.05, 3.63) is 53.6 Å². The van der Waals surface area contributed by atoms with Crippen LogP contribution in [0.5, 0.6) is 5.75 Å². The summed E-state index contributed by atoms with van der Waals surface area (Å²) in [5, 5.41) is 3.53. The van der Waals surface area contributed by atoms with E-state index in [1.165, 1.54) is 11.3 Å². The lowest BCUT2D eigenvalue weighted by Crippen LogP contribution is -2.14. The first kappa shape index (κ1) is 15.5. The zero-order valence-electron chi connectivity index (χ0n) is 13.1. The van der Waals surface area contributed by atoms with Crippen molar-refractivity contribution < 1.29 is 9.53 Å². The monoisotopic (exact) mass is 326 g/mol. The predicted octanol–water partition coefficient (Wildman–Crippen LogP) is 4.18. The number of aromatic nitrogens is 1. The van der Waals surface area contributed by atoms with Gasteiger partial charge in [0.05, 0.1) is 23.2 Å². The fourth-order valence-electron chi connectivity index (χ4n) is 2.36. The Kier molecular flexibility index (Phi) is 4.57. The highest BCUT2D eigenvalue weighted by molar-refractivity contribution is 7.22. The average molecular weight is 326 g/mol. The van der Waals surface area contributed by atoms with E-state index in [-0.39, 0.29) is 5.91 Å². The van der Waals surface area contributed by atoms with Gasteiger partial charge in [-0.25, -0.2) is 4.98 Å². The lowest BCUT2D eigenvalue weighted by Gasteiger charge is -2.05. The van der Waals surface area contributed by atoms with Gasteiger partial charge in [-0.1, -0.05) is 35.6 Å². The molecule has 5 heteroatoms. The molecule has 0 saturated carbocycles. The van der Waals surface area contributed by atoms with Crippen LogP contribution in [0.1, 0.15) is 18.1 Å². The van der Waals surface area contributed by atoms with E-state index in [1.54, 1.807) is 0 Å². The second-order valence-electron chi connectivity index (χ2n) is 5.24. The first-order chi connectivity index (χ1) is 11.2. The van der Waals surface area contributed by atoms with Gasteiger partial charge in [0, 0.05) is 0 Å². The van der Waals surface area contributed by atoms with Gasteiger partial charge in [0.2, 0.25) is 5.91 Å². The van der Waals surface area contributed by atoms with Crippen LogP contribution in [-0.4, -0.2) is 17.5 Å². The lowest BCUT2D eigenvalue weighted by molar-refractivity contribution is -0.115. The SMILES string of the molecule is CCOc1ccc(CC(=O)Nc2nc3c(C)cccc3s2)cc1. The third-order valence-corrected chi connectivity index (χ3v) is 4.40. The number of nitrogens with zero attached hydrogens (tertiary/aromatic N) is 1. The number of thiazole rings is 1. The van der Waals surface area contributed by atoms with Crippen molar-refractivity contribution in [2.75, 3.05) is 11.9 Å². The van der Waals surface area contributed by atoms with Gasteiger partial charge >= 0.3 is 0 Å². The van der Waals surface area contributed by atoms with E-state index >= 15 is 0 Å². The maximum Gasteiger partial charge on any atom is 0.230 e. The number of aryl methyl sites for hydroxylation is 1. The molecule has 0 unspecified atom stereocenters. The summed E-state index contributed by atoms with van der Waals surface area (Å²) in [5.74, 6) is 0.754. The maximum atomic E-state index is 12.2. The van der Waals surface area contributed by atoms with Crippen LogP contribution in [0, 0.1) is 6.92 Å². The molecule has 3 rings (SSSR count). The molecule has 1 N–H and O–H groups in total. The summed E-state index contributed by atoms with van der Waals surface area (Å²) in [5.41, 5.74) is 3.02. The number of amides is 1. The quantitative estimate of drug-likeness (QED) is 0.765. The summed E-state index contributed by atoms with van der Waals surface area (Å²) >= 11 is 1.50. The third-order valence-electron chi connectivity index (χ3n) is 3.47. The first-order valence-corrected chi connectivity index (χ1v) is 8.35. The number of hydrogen-bond donors (Lipinski definition) is 1. The number of hydrogen-bond acceptors (Lipinski definition) is 4. The second-order valence-corrected chi connectivity index (χ2v) is 6.27. The summed E-state index contributed by atoms with van der Waals surface area (Å²) in [4.78, 5) is 16.7. The fraction of sp³-hybridized carbons (Fsp3) is 0.222. The molecule has 1 heterocycles. The molecular formula is C18H18N2O2S. The Morgan fingerprint density at radius 2 is 2.00 bits per heavy atom. The molecule has 118 valence electrons. The zero-order valence-corrected chi connectivity index (χ0v) is 13.9. The summed E-state index contributed by atoms with van der Waals surface area (Å²) in [6.07, 6.45) is 0.321. The summed E-state index contributed by atoms with van der Waals surface area (Å²) < 4.78 is 6.48. The van der Waals surface area contributed by atoms with Crippen molar-refractivity contribution in [2.45, 2.75) is 20.3 Å². The van der Waals surface area contributed by atoms with Crippen LogP contribution in [0.2, 0.25) is 0 Å². The van der Waals surface area contributed by atoms with Gasteiger partial charge in [-0.15, -0.1) is 0 Å². The molecule has 1 aromatic heterocycles. The Hall–Kier alpha value is -2.40. The molecule has 0 spiro atoms. The molecule has 0 radical (unpaired) electrons. The van der Waals surface area contributed by atoms with Gasteiger partial charge in [-0.2, -0.15) is 0 Å². The van der Waals surface area contributed by atoms with Crippen LogP contribution >= 0.6 is 11.3 Å². The molecule has 0 saturated heterocycles. The van der Waals surface area contributed by atoms with E-state index in [9.17, 15) is 4.79 Å². The third kappa shape index (κ3) is 3.68. The van der Waals surface area contributed by atoms with E-state index in [0.29, 0.717) is 18.2 Å². The van der Waals surface area contributed by atoms with Crippen LogP contribution in [0.3, 0.4) is 0 Å². The van der Waals surface area contributed by atoms with Gasteiger partial charge in [-0.05, 0) is 43.2 Å². The maximum absolute atomic E-state index is 12.2. The summed E-state index contributed by atoms with van der Waals surface area (Å²) in [7, 11) is 0. The smallest absolute Gasteiger partial charge is 0.230 e. The van der Waals surface area contributed by atoms with Crippen molar-refractivity contribution in [2.24, 2.45) is 0 Å². The van der Waals surface area contributed by atoms with Gasteiger partial charge in [0.15, 0.2) is 5.13 Å². The van der Waals surface area contributed by atoms with E-state index in [4.69, 9.17) is 4.74 Å². The highest BCUT2D eigenvalue weighted by Crippen LogP contribution is 2.27. The van der Waals surface area contributed by atoms with Crippen molar-refractivity contribution in [1.29, 1.82) is 0 Å². The van der Waals surface area contributed by atoms with Crippen LogP contribution in [0.25, 0.3) is 10.2 Å². The van der Waals surface area contributed by atoms with Crippen molar-refractivity contribution in [1.82, 2.24) is 4.98 Å². The Morgan fingerprint density at radius 1 is 1.22 bits per heavy atom. The normalized spacial score (nSPS) is 10.7. The van der Waals surface area contributed by atoms with Crippen molar-refractivity contribution in [3.8, 4) is 5.75 Å². The van der Waals surface area contributed by atoms with Gasteiger partial charge < -0.3 is 10.1 Å². The van der Waals surface area contributed by atoms with Gasteiger partial charge in [-0.3, -0.25) is 4.79 Å². The molecule has 23 heavy (non-hydrogen) atoms. The largest absolute Gasteiger partial charge is 0.494 e. The molecule has 2 aromatic carbocycles. The minimum atomic E-state index is -0.0640. The molecule has 1 amide bonds. The molecule has 0 aliphatic heterocycles. The lowest BCUT2D eigenvalue weighted by atomic mass is 10.1. The minimum Gasteiger partial charge on any atom is -0.494 e. The van der Waals surface area contributed by atoms with Gasteiger partial charge in [0.25, 0.3) is 0 Å². The number of fused-ring (bicyclic) bond motifs is 1. The molecule has 3 aromatic rings. The first-order valence-electron chi connectivity index (χ1n) is 7.53. The summed E-state index contributed by atoms with van der Waals surface area (Å²) in [6, 6.07) is 13.6. The fourth-order valence-corrected chi connectivity index (χ4v) is 3.32. The molecule has 0 atom stereocenters. The average Bonchev–Trinajstić information content (AvgIpc) is 2.93. The van der Waals surface area contributed by atoms with Gasteiger partial charge in [0.1, 0.15) is 5.75 Å². The standard InChI is InChI=1S/C18H18N2O2S/c1-3-22-14-9-7-13(8-10-14)11-16(21)19-18-20-17-12(2)5-4-6-15(17)23-18/h4-10H,3,11H2,1-2H3,(H,19,20,21). The topological polar surface area (TPSA) is 51.2 Å². The molecule has 0 aliphatic carbocycles. The van der Waals surface area contributed by atoms with E-state index in [2.05, 4.69) is 10.3 Å². The number of carbonyl (C=O) groups excluding carboxylic acids is 1. The highest BCUT2D eigenvalue weighted by atomic mass is 32.1. The van der Waals surface area contributed by atoms with E-state index < -0.39 is 0 Å². The van der Waals surface area contributed by atoms with Crippen molar-refractivity contribution >= 4 is 32.6 Å². The van der Waals surface area contributed by atoms with Crippen LogP contribution in [0.15, 0.2) is 42.5 Å². The Labute approximate surface area is 139 Å². The predicted molar refractivity (Wildman–Crippen MR) is 94.3 cm³/mol. The second kappa shape index (κ2) is 6.79. The Bertz CT molecular complexity index is 825. The minimum absolute atomic E-state index is 0.0640. The molecular weight excluding hydrogens is 308 g/mol. The number of nitrogens with one attached hydrogen (secondary N) is 1. The number of ether oxygens (including phenoxy) is 1. The van der Waals surface area contributed by atoms with Crippen LogP contribution in [0.4, 0.5) is 5.13 Å². The van der Waals surface area contributed by atoms with Crippen molar-refractivity contribution in [3.63, 3.8) is 0 Å². The Balaban J connectivity index is 1.67. The molecule has 0 fully saturated rings. The number of benzene rings is 2. The Morgan fingerprint density at radius 3 is 2.70 bits per heavy atom. The number of carbonyl (C=O) groups is 1. The van der Waals surface area contributed by atoms with Crippen LogP contribution in [-0.2, 0) is 11.2 Å². The number of anilines is 1.